The number of aryl methyl sites for hydroxylation is 1. The standard InChI is InChI=1S/C26H32FN3O5S2/c1-19-6-11-22(34-2)24-25(19)36-26(28-24)30(13-4-12-29-14-16-35-17-15-29)23(31)5-3-18-37(32,33)21-9-7-20(27)8-10-21/h6-11H,3-5,12-18H2,1-2H3. The molecule has 200 valence electrons. The Labute approximate surface area is 220 Å². The third kappa shape index (κ3) is 6.84. The van der Waals surface area contributed by atoms with Gasteiger partial charge in [0.05, 0.1) is 35.7 Å². The molecule has 1 fully saturated rings. The van der Waals surface area contributed by atoms with Crippen LogP contribution in [0.4, 0.5) is 9.52 Å². The van der Waals surface area contributed by atoms with Crippen LogP contribution in [-0.4, -0.2) is 76.5 Å². The molecule has 1 amide bonds. The fourth-order valence-corrected chi connectivity index (χ4v) is 6.70. The average Bonchev–Trinajstić information content (AvgIpc) is 3.33. The minimum absolute atomic E-state index is 0.0532. The molecule has 8 nitrogen and oxygen atoms in total. The molecule has 4 rings (SSSR count). The predicted molar refractivity (Wildman–Crippen MR) is 143 cm³/mol. The van der Waals surface area contributed by atoms with E-state index in [0.29, 0.717) is 36.2 Å². The maximum Gasteiger partial charge on any atom is 0.228 e. The Morgan fingerprint density at radius 3 is 2.59 bits per heavy atom. The van der Waals surface area contributed by atoms with E-state index in [4.69, 9.17) is 14.5 Å². The molecule has 0 radical (unpaired) electrons. The number of methoxy groups -OCH3 is 1. The summed E-state index contributed by atoms with van der Waals surface area (Å²) in [6.45, 7) is 6.46. The van der Waals surface area contributed by atoms with E-state index in [-0.39, 0.29) is 29.4 Å². The number of morpholine rings is 1. The lowest BCUT2D eigenvalue weighted by Gasteiger charge is -2.27. The topological polar surface area (TPSA) is 89.0 Å². The highest BCUT2D eigenvalue weighted by Crippen LogP contribution is 2.36. The van der Waals surface area contributed by atoms with Crippen molar-refractivity contribution in [1.29, 1.82) is 0 Å². The van der Waals surface area contributed by atoms with E-state index in [0.717, 1.165) is 48.5 Å². The van der Waals surface area contributed by atoms with Crippen molar-refractivity contribution >= 4 is 42.4 Å². The predicted octanol–water partition coefficient (Wildman–Crippen LogP) is 4.06. The van der Waals surface area contributed by atoms with Crippen molar-refractivity contribution in [3.05, 3.63) is 47.8 Å². The van der Waals surface area contributed by atoms with Crippen molar-refractivity contribution < 1.29 is 27.1 Å². The van der Waals surface area contributed by atoms with Gasteiger partial charge in [0.25, 0.3) is 0 Å². The Hall–Kier alpha value is -2.60. The van der Waals surface area contributed by atoms with Gasteiger partial charge in [-0.2, -0.15) is 0 Å². The van der Waals surface area contributed by atoms with E-state index in [1.54, 1.807) is 12.0 Å². The molecule has 0 bridgehead atoms. The molecule has 2 heterocycles. The van der Waals surface area contributed by atoms with E-state index >= 15 is 0 Å². The minimum Gasteiger partial charge on any atom is -0.494 e. The monoisotopic (exact) mass is 549 g/mol. The Morgan fingerprint density at radius 2 is 1.89 bits per heavy atom. The van der Waals surface area contributed by atoms with Crippen molar-refractivity contribution in [2.24, 2.45) is 0 Å². The maximum atomic E-state index is 13.4. The van der Waals surface area contributed by atoms with Gasteiger partial charge < -0.3 is 9.47 Å². The molecule has 11 heteroatoms. The number of anilines is 1. The summed E-state index contributed by atoms with van der Waals surface area (Å²) in [5, 5.41) is 0.580. The molecule has 37 heavy (non-hydrogen) atoms. The first-order valence-electron chi connectivity index (χ1n) is 12.3. The molecule has 1 saturated heterocycles. The summed E-state index contributed by atoms with van der Waals surface area (Å²) in [5.74, 6) is -0.218. The van der Waals surface area contributed by atoms with E-state index in [1.807, 2.05) is 19.1 Å². The van der Waals surface area contributed by atoms with E-state index in [2.05, 4.69) is 4.90 Å². The zero-order valence-electron chi connectivity index (χ0n) is 21.1. The number of carbonyl (C=O) groups excluding carboxylic acids is 1. The van der Waals surface area contributed by atoms with Crippen LogP contribution in [0.2, 0.25) is 0 Å². The van der Waals surface area contributed by atoms with Gasteiger partial charge in [0.15, 0.2) is 15.0 Å². The normalized spacial score (nSPS) is 14.7. The second-order valence-electron chi connectivity index (χ2n) is 8.99. The number of aromatic nitrogens is 1. The maximum absolute atomic E-state index is 13.4. The molecule has 1 aromatic heterocycles. The zero-order chi connectivity index (χ0) is 26.4. The molecule has 0 N–H and O–H groups in total. The first-order chi connectivity index (χ1) is 17.8. The Balaban J connectivity index is 1.48. The summed E-state index contributed by atoms with van der Waals surface area (Å²) in [7, 11) is -2.02. The molecule has 1 aliphatic heterocycles. The average molecular weight is 550 g/mol. The number of rotatable bonds is 11. The van der Waals surface area contributed by atoms with E-state index < -0.39 is 15.7 Å². The van der Waals surface area contributed by atoms with Crippen molar-refractivity contribution in [1.82, 2.24) is 9.88 Å². The number of amides is 1. The summed E-state index contributed by atoms with van der Waals surface area (Å²) >= 11 is 1.44. The first kappa shape index (κ1) is 27.4. The summed E-state index contributed by atoms with van der Waals surface area (Å²) in [5.41, 5.74) is 1.76. The largest absolute Gasteiger partial charge is 0.494 e. The van der Waals surface area contributed by atoms with Crippen LogP contribution in [0, 0.1) is 12.7 Å². The molecule has 0 atom stereocenters. The zero-order valence-corrected chi connectivity index (χ0v) is 22.7. The number of carbonyl (C=O) groups is 1. The second-order valence-corrected chi connectivity index (χ2v) is 12.1. The lowest BCUT2D eigenvalue weighted by atomic mass is 10.2. The number of thiazole rings is 1. The van der Waals surface area contributed by atoms with Crippen LogP contribution in [0.15, 0.2) is 41.3 Å². The summed E-state index contributed by atoms with van der Waals surface area (Å²) in [6.07, 6.45) is 0.974. The van der Waals surface area contributed by atoms with Crippen LogP contribution in [0.25, 0.3) is 10.2 Å². The van der Waals surface area contributed by atoms with Gasteiger partial charge in [0, 0.05) is 32.6 Å². The highest BCUT2D eigenvalue weighted by Gasteiger charge is 2.23. The van der Waals surface area contributed by atoms with Crippen molar-refractivity contribution in [2.45, 2.75) is 31.1 Å². The number of halogens is 1. The SMILES string of the molecule is COc1ccc(C)c2sc(N(CCCN3CCOCC3)C(=O)CCCS(=O)(=O)c3ccc(F)cc3)nc12. The van der Waals surface area contributed by atoms with E-state index in [9.17, 15) is 17.6 Å². The minimum atomic E-state index is -3.62. The number of fused-ring (bicyclic) bond motifs is 1. The third-order valence-corrected chi connectivity index (χ3v) is 9.41. The van der Waals surface area contributed by atoms with Crippen LogP contribution >= 0.6 is 11.3 Å². The molecule has 3 aromatic rings. The van der Waals surface area contributed by atoms with Crippen molar-refractivity contribution in [3.63, 3.8) is 0 Å². The fraction of sp³-hybridized carbons (Fsp3) is 0.462. The van der Waals surface area contributed by atoms with Crippen LogP contribution in [-0.2, 0) is 19.4 Å². The number of nitrogens with zero attached hydrogens (tertiary/aromatic N) is 3. The lowest BCUT2D eigenvalue weighted by Crippen LogP contribution is -2.39. The van der Waals surface area contributed by atoms with Crippen molar-refractivity contribution in [2.75, 3.05) is 57.2 Å². The summed E-state index contributed by atoms with van der Waals surface area (Å²) in [6, 6.07) is 8.58. The Morgan fingerprint density at radius 1 is 1.16 bits per heavy atom. The molecule has 2 aromatic carbocycles. The van der Waals surface area contributed by atoms with Gasteiger partial charge in [-0.15, -0.1) is 0 Å². The molecular formula is C26H32FN3O5S2. The molecule has 1 aliphatic rings. The van der Waals surface area contributed by atoms with Crippen molar-refractivity contribution in [3.8, 4) is 5.75 Å². The lowest BCUT2D eigenvalue weighted by molar-refractivity contribution is -0.118. The first-order valence-corrected chi connectivity index (χ1v) is 14.8. The number of hydrogen-bond donors (Lipinski definition) is 0. The van der Waals surface area contributed by atoms with Gasteiger partial charge in [-0.1, -0.05) is 17.4 Å². The third-order valence-electron chi connectivity index (χ3n) is 6.38. The summed E-state index contributed by atoms with van der Waals surface area (Å²) < 4.78 is 50.3. The van der Waals surface area contributed by atoms with Crippen LogP contribution in [0.3, 0.4) is 0 Å². The van der Waals surface area contributed by atoms with Gasteiger partial charge in [-0.05, 0) is 55.7 Å². The number of sulfone groups is 1. The molecule has 0 saturated carbocycles. The Kier molecular flexibility index (Phi) is 9.12. The highest BCUT2D eigenvalue weighted by atomic mass is 32.2. The summed E-state index contributed by atoms with van der Waals surface area (Å²) in [4.78, 5) is 22.2. The van der Waals surface area contributed by atoms with Gasteiger partial charge in [-0.25, -0.2) is 17.8 Å². The smallest absolute Gasteiger partial charge is 0.228 e. The number of hydrogen-bond acceptors (Lipinski definition) is 8. The Bertz CT molecular complexity index is 1320. The van der Waals surface area contributed by atoms with E-state index in [1.165, 1.54) is 23.5 Å². The van der Waals surface area contributed by atoms with Gasteiger partial charge in [-0.3, -0.25) is 14.6 Å². The van der Waals surface area contributed by atoms with Gasteiger partial charge in [0.1, 0.15) is 17.1 Å². The molecule has 0 spiro atoms. The number of benzene rings is 2. The number of ether oxygens (including phenoxy) is 2. The quantitative estimate of drug-likeness (QED) is 0.333. The van der Waals surface area contributed by atoms with Gasteiger partial charge in [0.2, 0.25) is 5.91 Å². The van der Waals surface area contributed by atoms with Crippen LogP contribution < -0.4 is 9.64 Å². The van der Waals surface area contributed by atoms with Crippen LogP contribution in [0.5, 0.6) is 5.75 Å². The molecular weight excluding hydrogens is 517 g/mol. The molecule has 0 unspecified atom stereocenters. The highest BCUT2D eigenvalue weighted by molar-refractivity contribution is 7.91. The van der Waals surface area contributed by atoms with Crippen LogP contribution in [0.1, 0.15) is 24.8 Å². The molecule has 0 aliphatic carbocycles. The second kappa shape index (κ2) is 12.3. The fourth-order valence-electron chi connectivity index (χ4n) is 4.29. The van der Waals surface area contributed by atoms with Gasteiger partial charge >= 0.3 is 0 Å².